The van der Waals surface area contributed by atoms with E-state index in [0.29, 0.717) is 5.69 Å². The largest absolute Gasteiger partial charge is 0.464 e. The highest BCUT2D eigenvalue weighted by Crippen LogP contribution is 2.18. The number of halogens is 1. The van der Waals surface area contributed by atoms with Crippen LogP contribution in [0.2, 0.25) is 0 Å². The van der Waals surface area contributed by atoms with Gasteiger partial charge < -0.3 is 9.72 Å². The first-order valence-corrected chi connectivity index (χ1v) is 3.88. The Morgan fingerprint density at radius 3 is 2.73 bits per heavy atom. The van der Waals surface area contributed by atoms with Crippen LogP contribution in [0.3, 0.4) is 0 Å². The van der Waals surface area contributed by atoms with Gasteiger partial charge in [0.05, 0.1) is 7.11 Å². The van der Waals surface area contributed by atoms with Gasteiger partial charge in [0.2, 0.25) is 0 Å². The third-order valence-electron chi connectivity index (χ3n) is 1.47. The molecule has 0 amide bonds. The standard InChI is InChI=1S/C7H8BrNO2/c1-4-5(8)3-9-6(4)7(10)11-2/h3,9H,1-2H3. The molecule has 0 aromatic carbocycles. The molecule has 11 heavy (non-hydrogen) atoms. The predicted molar refractivity (Wildman–Crippen MR) is 44.6 cm³/mol. The van der Waals surface area contributed by atoms with Gasteiger partial charge >= 0.3 is 5.97 Å². The van der Waals surface area contributed by atoms with Crippen LogP contribution in [-0.2, 0) is 4.74 Å². The molecule has 1 heterocycles. The van der Waals surface area contributed by atoms with Gasteiger partial charge in [-0.15, -0.1) is 0 Å². The minimum Gasteiger partial charge on any atom is -0.464 e. The van der Waals surface area contributed by atoms with Gasteiger partial charge in [0.25, 0.3) is 0 Å². The number of esters is 1. The minimum atomic E-state index is -0.340. The summed E-state index contributed by atoms with van der Waals surface area (Å²) in [6, 6.07) is 0. The summed E-state index contributed by atoms with van der Waals surface area (Å²) in [7, 11) is 1.36. The second-order valence-corrected chi connectivity index (χ2v) is 2.98. The number of aromatic nitrogens is 1. The Hall–Kier alpha value is -0.770. The smallest absolute Gasteiger partial charge is 0.354 e. The Morgan fingerprint density at radius 1 is 1.73 bits per heavy atom. The van der Waals surface area contributed by atoms with Gasteiger partial charge in [-0.05, 0) is 28.4 Å². The number of hydrogen-bond acceptors (Lipinski definition) is 2. The van der Waals surface area contributed by atoms with E-state index in [1.807, 2.05) is 6.92 Å². The van der Waals surface area contributed by atoms with Crippen LogP contribution < -0.4 is 0 Å². The van der Waals surface area contributed by atoms with Crippen molar-refractivity contribution in [3.05, 3.63) is 21.9 Å². The highest BCUT2D eigenvalue weighted by atomic mass is 79.9. The van der Waals surface area contributed by atoms with E-state index in [9.17, 15) is 4.79 Å². The van der Waals surface area contributed by atoms with E-state index >= 15 is 0 Å². The fourth-order valence-electron chi connectivity index (χ4n) is 0.786. The Kier molecular flexibility index (Phi) is 2.34. The van der Waals surface area contributed by atoms with Crippen LogP contribution in [0.4, 0.5) is 0 Å². The van der Waals surface area contributed by atoms with Crippen LogP contribution in [0.25, 0.3) is 0 Å². The Balaban J connectivity index is 3.04. The third kappa shape index (κ3) is 1.45. The van der Waals surface area contributed by atoms with Crippen molar-refractivity contribution in [1.29, 1.82) is 0 Å². The number of carbonyl (C=O) groups is 1. The quantitative estimate of drug-likeness (QED) is 0.731. The van der Waals surface area contributed by atoms with E-state index in [0.717, 1.165) is 10.0 Å². The fourth-order valence-corrected chi connectivity index (χ4v) is 1.10. The summed E-state index contributed by atoms with van der Waals surface area (Å²) in [6.45, 7) is 1.84. The number of rotatable bonds is 1. The number of methoxy groups -OCH3 is 1. The maximum atomic E-state index is 11.0. The van der Waals surface area contributed by atoms with Gasteiger partial charge in [-0.3, -0.25) is 0 Å². The van der Waals surface area contributed by atoms with Crippen LogP contribution in [0, 0.1) is 6.92 Å². The van der Waals surface area contributed by atoms with Crippen LogP contribution in [0.1, 0.15) is 16.1 Å². The van der Waals surface area contributed by atoms with Gasteiger partial charge in [0, 0.05) is 10.7 Å². The number of hydrogen-bond donors (Lipinski definition) is 1. The van der Waals surface area contributed by atoms with E-state index in [1.165, 1.54) is 7.11 Å². The fraction of sp³-hybridized carbons (Fsp3) is 0.286. The molecular formula is C7H8BrNO2. The number of carbonyl (C=O) groups excluding carboxylic acids is 1. The van der Waals surface area contributed by atoms with E-state index in [1.54, 1.807) is 6.20 Å². The Bertz CT molecular complexity index is 280. The first kappa shape index (κ1) is 8.33. The number of nitrogens with one attached hydrogen (secondary N) is 1. The molecule has 0 radical (unpaired) electrons. The van der Waals surface area contributed by atoms with Crippen LogP contribution >= 0.6 is 15.9 Å². The average molecular weight is 218 g/mol. The molecule has 0 aliphatic heterocycles. The second kappa shape index (κ2) is 3.09. The molecule has 0 saturated heterocycles. The molecule has 0 unspecified atom stereocenters. The van der Waals surface area contributed by atoms with Crippen LogP contribution in [0.15, 0.2) is 10.7 Å². The molecule has 1 N–H and O–H groups in total. The maximum Gasteiger partial charge on any atom is 0.354 e. The predicted octanol–water partition coefficient (Wildman–Crippen LogP) is 1.87. The van der Waals surface area contributed by atoms with E-state index in [2.05, 4.69) is 25.7 Å². The molecular weight excluding hydrogens is 210 g/mol. The zero-order valence-electron chi connectivity index (χ0n) is 6.27. The molecule has 0 spiro atoms. The van der Waals surface area contributed by atoms with E-state index < -0.39 is 0 Å². The number of aromatic amines is 1. The van der Waals surface area contributed by atoms with E-state index in [4.69, 9.17) is 0 Å². The lowest BCUT2D eigenvalue weighted by molar-refractivity contribution is 0.0594. The molecule has 0 atom stereocenters. The van der Waals surface area contributed by atoms with Gasteiger partial charge in [-0.25, -0.2) is 4.79 Å². The first-order chi connectivity index (χ1) is 5.16. The van der Waals surface area contributed by atoms with Crippen molar-refractivity contribution in [3.8, 4) is 0 Å². The third-order valence-corrected chi connectivity index (χ3v) is 2.29. The van der Waals surface area contributed by atoms with Crippen molar-refractivity contribution < 1.29 is 9.53 Å². The van der Waals surface area contributed by atoms with Gasteiger partial charge in [-0.1, -0.05) is 0 Å². The van der Waals surface area contributed by atoms with Crippen LogP contribution in [-0.4, -0.2) is 18.1 Å². The molecule has 1 aromatic rings. The SMILES string of the molecule is COC(=O)c1[nH]cc(Br)c1C. The summed E-state index contributed by atoms with van der Waals surface area (Å²) in [5.41, 5.74) is 1.37. The zero-order chi connectivity index (χ0) is 8.43. The molecule has 0 aliphatic rings. The summed E-state index contributed by atoms with van der Waals surface area (Å²) in [6.07, 6.45) is 1.71. The van der Waals surface area contributed by atoms with Gasteiger partial charge in [-0.2, -0.15) is 0 Å². The molecule has 1 rings (SSSR count). The van der Waals surface area contributed by atoms with Gasteiger partial charge in [0.15, 0.2) is 0 Å². The first-order valence-electron chi connectivity index (χ1n) is 3.08. The summed E-state index contributed by atoms with van der Waals surface area (Å²) >= 11 is 3.27. The molecule has 3 nitrogen and oxygen atoms in total. The number of ether oxygens (including phenoxy) is 1. The maximum absolute atomic E-state index is 11.0. The summed E-state index contributed by atoms with van der Waals surface area (Å²) < 4.78 is 5.43. The lowest BCUT2D eigenvalue weighted by Crippen LogP contribution is -2.02. The van der Waals surface area contributed by atoms with Gasteiger partial charge in [0.1, 0.15) is 5.69 Å². The minimum absolute atomic E-state index is 0.340. The summed E-state index contributed by atoms with van der Waals surface area (Å²) in [5, 5.41) is 0. The second-order valence-electron chi connectivity index (χ2n) is 2.13. The topological polar surface area (TPSA) is 42.1 Å². The van der Waals surface area contributed by atoms with E-state index in [-0.39, 0.29) is 5.97 Å². The van der Waals surface area contributed by atoms with Crippen molar-refractivity contribution in [1.82, 2.24) is 4.98 Å². The van der Waals surface area contributed by atoms with Crippen molar-refractivity contribution in [2.75, 3.05) is 7.11 Å². The molecule has 0 bridgehead atoms. The summed E-state index contributed by atoms with van der Waals surface area (Å²) in [5.74, 6) is -0.340. The van der Waals surface area contributed by atoms with Crippen molar-refractivity contribution in [3.63, 3.8) is 0 Å². The molecule has 0 fully saturated rings. The average Bonchev–Trinajstić information content (AvgIpc) is 2.32. The molecule has 1 aromatic heterocycles. The van der Waals surface area contributed by atoms with Crippen LogP contribution in [0.5, 0.6) is 0 Å². The summed E-state index contributed by atoms with van der Waals surface area (Å²) in [4.78, 5) is 13.8. The van der Waals surface area contributed by atoms with Crippen molar-refractivity contribution >= 4 is 21.9 Å². The Morgan fingerprint density at radius 2 is 2.36 bits per heavy atom. The number of H-pyrrole nitrogens is 1. The molecule has 60 valence electrons. The lowest BCUT2D eigenvalue weighted by atomic mass is 10.3. The normalized spacial score (nSPS) is 9.73. The Labute approximate surface area is 72.9 Å². The van der Waals surface area contributed by atoms with Crippen molar-refractivity contribution in [2.45, 2.75) is 6.92 Å². The monoisotopic (exact) mass is 217 g/mol. The highest BCUT2D eigenvalue weighted by Gasteiger charge is 2.12. The highest BCUT2D eigenvalue weighted by molar-refractivity contribution is 9.10. The molecule has 0 aliphatic carbocycles. The molecule has 0 saturated carbocycles. The lowest BCUT2D eigenvalue weighted by Gasteiger charge is -1.95. The molecule has 4 heteroatoms. The van der Waals surface area contributed by atoms with Crippen molar-refractivity contribution in [2.24, 2.45) is 0 Å². The zero-order valence-corrected chi connectivity index (χ0v) is 7.86.